The summed E-state index contributed by atoms with van der Waals surface area (Å²) in [6.07, 6.45) is 2.53. The second-order valence-corrected chi connectivity index (χ2v) is 5.52. The Morgan fingerprint density at radius 1 is 1.33 bits per heavy atom. The van der Waals surface area contributed by atoms with E-state index >= 15 is 0 Å². The molecule has 0 aromatic heterocycles. The quantitative estimate of drug-likeness (QED) is 0.485. The molecule has 2 fully saturated rings. The number of fused-ring (bicyclic) bond motifs is 1. The van der Waals surface area contributed by atoms with Crippen molar-refractivity contribution in [3.63, 3.8) is 0 Å². The first kappa shape index (κ1) is 13.0. The fraction of sp³-hybridized carbons (Fsp3) is 0.750. The maximum Gasteiger partial charge on any atom is 0.237 e. The van der Waals surface area contributed by atoms with Crippen LogP contribution in [0.2, 0.25) is 0 Å². The van der Waals surface area contributed by atoms with Gasteiger partial charge >= 0.3 is 0 Å². The molecule has 0 aromatic carbocycles. The third-order valence-electron chi connectivity index (χ3n) is 3.85. The summed E-state index contributed by atoms with van der Waals surface area (Å²) in [5.74, 6) is -0.673. The van der Waals surface area contributed by atoms with E-state index in [9.17, 15) is 14.4 Å². The van der Waals surface area contributed by atoms with Gasteiger partial charge in [0.2, 0.25) is 17.7 Å². The second kappa shape index (κ2) is 4.35. The lowest BCUT2D eigenvalue weighted by atomic mass is 9.95. The summed E-state index contributed by atoms with van der Waals surface area (Å²) >= 11 is 0. The van der Waals surface area contributed by atoms with Gasteiger partial charge in [0.25, 0.3) is 0 Å². The topological polar surface area (TPSA) is 106 Å². The molecular weight excluding hydrogens is 234 g/mol. The first-order valence-electron chi connectivity index (χ1n) is 6.28. The molecule has 2 rings (SSSR count). The molecule has 18 heavy (non-hydrogen) atoms. The number of imide groups is 1. The lowest BCUT2D eigenvalue weighted by Crippen LogP contribution is -2.49. The van der Waals surface area contributed by atoms with Gasteiger partial charge in [-0.05, 0) is 32.6 Å². The molecule has 2 aliphatic rings. The molecule has 1 aliphatic carbocycles. The number of rotatable bonds is 6. The highest BCUT2D eigenvalue weighted by Crippen LogP contribution is 2.46. The lowest BCUT2D eigenvalue weighted by Gasteiger charge is -2.21. The Labute approximate surface area is 106 Å². The van der Waals surface area contributed by atoms with E-state index in [4.69, 9.17) is 11.5 Å². The normalized spacial score (nSPS) is 29.1. The van der Waals surface area contributed by atoms with Crippen LogP contribution in [0.3, 0.4) is 0 Å². The van der Waals surface area contributed by atoms with E-state index in [1.807, 2.05) is 0 Å². The molecule has 1 aliphatic heterocycles. The Balaban J connectivity index is 1.72. The van der Waals surface area contributed by atoms with E-state index in [-0.39, 0.29) is 23.7 Å². The molecule has 3 atom stereocenters. The summed E-state index contributed by atoms with van der Waals surface area (Å²) in [7, 11) is 0. The van der Waals surface area contributed by atoms with Gasteiger partial charge in [-0.3, -0.25) is 19.3 Å². The molecule has 1 heterocycles. The van der Waals surface area contributed by atoms with E-state index in [1.54, 1.807) is 6.92 Å². The summed E-state index contributed by atoms with van der Waals surface area (Å²) in [6, 6.07) is 0. The first-order valence-corrected chi connectivity index (χ1v) is 6.28. The number of carbonyl (C=O) groups is 3. The molecule has 3 unspecified atom stereocenters. The molecule has 100 valence electrons. The van der Waals surface area contributed by atoms with E-state index in [1.165, 1.54) is 4.90 Å². The largest absolute Gasteiger partial charge is 0.368 e. The van der Waals surface area contributed by atoms with E-state index < -0.39 is 11.4 Å². The van der Waals surface area contributed by atoms with Gasteiger partial charge < -0.3 is 11.5 Å². The fourth-order valence-electron chi connectivity index (χ4n) is 2.36. The average molecular weight is 253 g/mol. The highest BCUT2D eigenvalue weighted by atomic mass is 16.2. The summed E-state index contributed by atoms with van der Waals surface area (Å²) in [4.78, 5) is 35.7. The molecule has 6 nitrogen and oxygen atoms in total. The zero-order valence-electron chi connectivity index (χ0n) is 10.5. The molecule has 4 N–H and O–H groups in total. The Morgan fingerprint density at radius 2 is 1.89 bits per heavy atom. The summed E-state index contributed by atoms with van der Waals surface area (Å²) in [5, 5.41) is 0. The van der Waals surface area contributed by atoms with E-state index in [0.717, 1.165) is 6.42 Å². The average Bonchev–Trinajstić information content (AvgIpc) is 3.02. The molecular formula is C12H19N3O3. The maximum absolute atomic E-state index is 11.7. The third-order valence-corrected chi connectivity index (χ3v) is 3.85. The van der Waals surface area contributed by atoms with Gasteiger partial charge in [0.1, 0.15) is 0 Å². The number of nitrogens with two attached hydrogens (primary N) is 2. The fourth-order valence-corrected chi connectivity index (χ4v) is 2.36. The Kier molecular flexibility index (Phi) is 3.14. The Morgan fingerprint density at radius 3 is 2.39 bits per heavy atom. The minimum atomic E-state index is -1.01. The molecule has 0 bridgehead atoms. The second-order valence-electron chi connectivity index (χ2n) is 5.52. The smallest absolute Gasteiger partial charge is 0.237 e. The van der Waals surface area contributed by atoms with E-state index in [2.05, 4.69) is 0 Å². The molecule has 6 heteroatoms. The minimum Gasteiger partial charge on any atom is -0.368 e. The van der Waals surface area contributed by atoms with Crippen LogP contribution >= 0.6 is 0 Å². The Hall–Kier alpha value is -1.43. The number of amides is 3. The number of nitrogens with zero attached hydrogens (tertiary/aromatic N) is 1. The van der Waals surface area contributed by atoms with Gasteiger partial charge in [0.15, 0.2) is 0 Å². The van der Waals surface area contributed by atoms with Gasteiger partial charge in [0, 0.05) is 6.54 Å². The van der Waals surface area contributed by atoms with Crippen LogP contribution in [0.1, 0.15) is 32.6 Å². The van der Waals surface area contributed by atoms with Crippen molar-refractivity contribution in [1.29, 1.82) is 0 Å². The predicted octanol–water partition coefficient (Wildman–Crippen LogP) is -0.636. The summed E-state index contributed by atoms with van der Waals surface area (Å²) < 4.78 is 0. The first-order chi connectivity index (χ1) is 8.34. The van der Waals surface area contributed by atoms with Crippen LogP contribution in [0.15, 0.2) is 0 Å². The van der Waals surface area contributed by atoms with Crippen molar-refractivity contribution in [3.05, 3.63) is 0 Å². The maximum atomic E-state index is 11.7. The zero-order chi connectivity index (χ0) is 13.5. The van der Waals surface area contributed by atoms with Crippen molar-refractivity contribution in [2.75, 3.05) is 6.54 Å². The van der Waals surface area contributed by atoms with Gasteiger partial charge in [-0.15, -0.1) is 0 Å². The summed E-state index contributed by atoms with van der Waals surface area (Å²) in [5.41, 5.74) is 9.86. The molecule has 0 radical (unpaired) electrons. The van der Waals surface area contributed by atoms with Crippen LogP contribution in [0, 0.1) is 11.8 Å². The van der Waals surface area contributed by atoms with Crippen LogP contribution in [0.25, 0.3) is 0 Å². The van der Waals surface area contributed by atoms with Crippen LogP contribution in [-0.2, 0) is 14.4 Å². The van der Waals surface area contributed by atoms with Gasteiger partial charge in [-0.2, -0.15) is 0 Å². The predicted molar refractivity (Wildman–Crippen MR) is 64.0 cm³/mol. The van der Waals surface area contributed by atoms with Crippen molar-refractivity contribution in [2.24, 2.45) is 23.3 Å². The van der Waals surface area contributed by atoms with Crippen LogP contribution in [0.5, 0.6) is 0 Å². The van der Waals surface area contributed by atoms with Crippen LogP contribution in [0.4, 0.5) is 0 Å². The van der Waals surface area contributed by atoms with E-state index in [0.29, 0.717) is 25.8 Å². The Bertz CT molecular complexity index is 385. The van der Waals surface area contributed by atoms with Crippen molar-refractivity contribution in [2.45, 2.75) is 38.1 Å². The van der Waals surface area contributed by atoms with Gasteiger partial charge in [0.05, 0.1) is 17.4 Å². The number of hydrogen-bond donors (Lipinski definition) is 2. The number of carbonyl (C=O) groups excluding carboxylic acids is 3. The van der Waals surface area contributed by atoms with Crippen LogP contribution < -0.4 is 11.5 Å². The molecule has 1 saturated carbocycles. The van der Waals surface area contributed by atoms with Crippen molar-refractivity contribution >= 4 is 17.7 Å². The summed E-state index contributed by atoms with van der Waals surface area (Å²) in [6.45, 7) is 2.02. The number of primary amides is 1. The lowest BCUT2D eigenvalue weighted by molar-refractivity contribution is -0.141. The van der Waals surface area contributed by atoms with Crippen molar-refractivity contribution < 1.29 is 14.4 Å². The van der Waals surface area contributed by atoms with Crippen LogP contribution in [-0.4, -0.2) is 34.7 Å². The molecule has 3 amide bonds. The standard InChI is InChI=1S/C12H19N3O3/c1-12(14,11(13)18)4-2-3-5-15-9(16)7-6-8(7)10(15)17/h7-8H,2-6,14H2,1H3,(H2,13,18). The van der Waals surface area contributed by atoms with Crippen molar-refractivity contribution in [1.82, 2.24) is 4.90 Å². The monoisotopic (exact) mass is 253 g/mol. The molecule has 0 spiro atoms. The highest BCUT2D eigenvalue weighted by Gasteiger charge is 2.58. The van der Waals surface area contributed by atoms with Crippen molar-refractivity contribution in [3.8, 4) is 0 Å². The molecule has 0 aromatic rings. The van der Waals surface area contributed by atoms with Gasteiger partial charge in [-0.1, -0.05) is 0 Å². The third kappa shape index (κ3) is 2.25. The number of unbranched alkanes of at least 4 members (excludes halogenated alkanes) is 1. The highest BCUT2D eigenvalue weighted by molar-refractivity contribution is 6.08. The zero-order valence-corrected chi connectivity index (χ0v) is 10.5. The molecule has 1 saturated heterocycles. The number of hydrogen-bond acceptors (Lipinski definition) is 4. The number of piperidine rings is 1. The SMILES string of the molecule is CC(N)(CCCCN1C(=O)C2CC2C1=O)C(N)=O. The number of likely N-dealkylation sites (tertiary alicyclic amines) is 1. The minimum absolute atomic E-state index is 0.0320. The van der Waals surface area contributed by atoms with Gasteiger partial charge in [-0.25, -0.2) is 0 Å².